The minimum absolute atomic E-state index is 0.0383. The summed E-state index contributed by atoms with van der Waals surface area (Å²) < 4.78 is 0. The first-order chi connectivity index (χ1) is 8.69. The lowest BCUT2D eigenvalue weighted by Crippen LogP contribution is -2.03. The Labute approximate surface area is 110 Å². The molecule has 0 N–H and O–H groups in total. The molecule has 0 saturated carbocycles. The van der Waals surface area contributed by atoms with E-state index >= 15 is 0 Å². The van der Waals surface area contributed by atoms with Crippen LogP contribution in [-0.2, 0) is 6.42 Å². The molecule has 0 aliphatic heterocycles. The van der Waals surface area contributed by atoms with Crippen LogP contribution in [0.1, 0.15) is 21.5 Å². The highest BCUT2D eigenvalue weighted by atomic mass is 35.5. The number of rotatable bonds is 3. The van der Waals surface area contributed by atoms with Gasteiger partial charge in [-0.1, -0.05) is 23.7 Å². The predicted molar refractivity (Wildman–Crippen MR) is 70.6 cm³/mol. The Kier molecular flexibility index (Phi) is 3.76. The van der Waals surface area contributed by atoms with Crippen LogP contribution in [0.2, 0.25) is 5.02 Å². The maximum absolute atomic E-state index is 12.0. The van der Waals surface area contributed by atoms with Gasteiger partial charge in [-0.15, -0.1) is 0 Å². The molecular weight excluding hydrogens is 246 g/mol. The molecule has 0 heterocycles. The number of ketones is 1. The SMILES string of the molecule is N#Cc1ccc(CC(=O)c2ccc(Cl)cc2)cc1. The molecule has 0 aromatic heterocycles. The zero-order valence-electron chi connectivity index (χ0n) is 9.56. The third-order valence-electron chi connectivity index (χ3n) is 2.61. The van der Waals surface area contributed by atoms with Gasteiger partial charge in [0.1, 0.15) is 0 Å². The molecule has 3 heteroatoms. The van der Waals surface area contributed by atoms with Gasteiger partial charge in [0.15, 0.2) is 5.78 Å². The molecule has 0 aliphatic rings. The van der Waals surface area contributed by atoms with Gasteiger partial charge in [0, 0.05) is 17.0 Å². The molecule has 2 aromatic rings. The molecule has 88 valence electrons. The van der Waals surface area contributed by atoms with Gasteiger partial charge in [-0.25, -0.2) is 0 Å². The zero-order valence-corrected chi connectivity index (χ0v) is 10.3. The molecule has 0 radical (unpaired) electrons. The van der Waals surface area contributed by atoms with Gasteiger partial charge in [0.05, 0.1) is 11.6 Å². The number of Topliss-reactive ketones (excluding diaryl/α,β-unsaturated/α-hetero) is 1. The van der Waals surface area contributed by atoms with Gasteiger partial charge >= 0.3 is 0 Å². The Hall–Kier alpha value is -2.11. The molecule has 0 aliphatic carbocycles. The van der Waals surface area contributed by atoms with Crippen molar-refractivity contribution >= 4 is 17.4 Å². The third-order valence-corrected chi connectivity index (χ3v) is 2.87. The first-order valence-corrected chi connectivity index (χ1v) is 5.84. The number of carbonyl (C=O) groups is 1. The Morgan fingerprint density at radius 3 is 2.22 bits per heavy atom. The van der Waals surface area contributed by atoms with Gasteiger partial charge in [0.25, 0.3) is 0 Å². The van der Waals surface area contributed by atoms with Crippen LogP contribution in [0.3, 0.4) is 0 Å². The average molecular weight is 256 g/mol. The highest BCUT2D eigenvalue weighted by molar-refractivity contribution is 6.30. The Balaban J connectivity index is 2.11. The van der Waals surface area contributed by atoms with Crippen molar-refractivity contribution in [2.45, 2.75) is 6.42 Å². The molecule has 0 bridgehead atoms. The van der Waals surface area contributed by atoms with Gasteiger partial charge in [-0.2, -0.15) is 5.26 Å². The van der Waals surface area contributed by atoms with Gasteiger partial charge in [-0.3, -0.25) is 4.79 Å². The maximum Gasteiger partial charge on any atom is 0.167 e. The predicted octanol–water partition coefficient (Wildman–Crippen LogP) is 3.64. The smallest absolute Gasteiger partial charge is 0.167 e. The quantitative estimate of drug-likeness (QED) is 0.786. The second kappa shape index (κ2) is 5.48. The van der Waals surface area contributed by atoms with Crippen LogP contribution < -0.4 is 0 Å². The van der Waals surface area contributed by atoms with E-state index in [1.54, 1.807) is 48.5 Å². The van der Waals surface area contributed by atoms with Crippen LogP contribution in [0.15, 0.2) is 48.5 Å². The number of halogens is 1. The summed E-state index contributed by atoms with van der Waals surface area (Å²) in [5.41, 5.74) is 2.13. The molecular formula is C15H10ClNO. The molecule has 0 saturated heterocycles. The van der Waals surface area contributed by atoms with Gasteiger partial charge in [-0.05, 0) is 42.0 Å². The summed E-state index contributed by atoms with van der Waals surface area (Å²) >= 11 is 5.77. The molecule has 2 rings (SSSR count). The van der Waals surface area contributed by atoms with Crippen molar-refractivity contribution < 1.29 is 4.79 Å². The van der Waals surface area contributed by atoms with Crippen LogP contribution in [-0.4, -0.2) is 5.78 Å². The fourth-order valence-corrected chi connectivity index (χ4v) is 1.75. The van der Waals surface area contributed by atoms with Crippen LogP contribution in [0, 0.1) is 11.3 Å². The number of hydrogen-bond acceptors (Lipinski definition) is 2. The summed E-state index contributed by atoms with van der Waals surface area (Å²) in [5.74, 6) is 0.0383. The van der Waals surface area contributed by atoms with Crippen LogP contribution >= 0.6 is 11.6 Å². The summed E-state index contributed by atoms with van der Waals surface area (Å²) in [6.45, 7) is 0. The second-order valence-corrected chi connectivity index (χ2v) is 4.35. The summed E-state index contributed by atoms with van der Waals surface area (Å²) in [5, 5.41) is 9.30. The maximum atomic E-state index is 12.0. The fourth-order valence-electron chi connectivity index (χ4n) is 1.62. The Bertz CT molecular complexity index is 594. The number of hydrogen-bond donors (Lipinski definition) is 0. The average Bonchev–Trinajstić information content (AvgIpc) is 2.40. The second-order valence-electron chi connectivity index (χ2n) is 3.92. The van der Waals surface area contributed by atoms with E-state index in [0.29, 0.717) is 22.6 Å². The van der Waals surface area contributed by atoms with Gasteiger partial charge < -0.3 is 0 Å². The lowest BCUT2D eigenvalue weighted by atomic mass is 10.0. The minimum Gasteiger partial charge on any atom is -0.294 e. The molecule has 18 heavy (non-hydrogen) atoms. The van der Waals surface area contributed by atoms with E-state index in [-0.39, 0.29) is 5.78 Å². The summed E-state index contributed by atoms with van der Waals surface area (Å²) in [4.78, 5) is 12.0. The molecule has 0 unspecified atom stereocenters. The molecule has 0 spiro atoms. The number of nitrogens with zero attached hydrogens (tertiary/aromatic N) is 1. The van der Waals surface area contributed by atoms with Crippen molar-refractivity contribution in [3.63, 3.8) is 0 Å². The Morgan fingerprint density at radius 2 is 1.67 bits per heavy atom. The van der Waals surface area contributed by atoms with Crippen LogP contribution in [0.4, 0.5) is 0 Å². The number of carbonyl (C=O) groups excluding carboxylic acids is 1. The molecule has 0 atom stereocenters. The van der Waals surface area contributed by atoms with Crippen LogP contribution in [0.5, 0.6) is 0 Å². The van der Waals surface area contributed by atoms with E-state index in [1.165, 1.54) is 0 Å². The van der Waals surface area contributed by atoms with Crippen molar-refractivity contribution in [2.75, 3.05) is 0 Å². The lowest BCUT2D eigenvalue weighted by molar-refractivity contribution is 0.0993. The lowest BCUT2D eigenvalue weighted by Gasteiger charge is -2.02. The van der Waals surface area contributed by atoms with Crippen molar-refractivity contribution in [3.05, 3.63) is 70.2 Å². The van der Waals surface area contributed by atoms with Crippen LogP contribution in [0.25, 0.3) is 0 Å². The first-order valence-electron chi connectivity index (χ1n) is 5.47. The van der Waals surface area contributed by atoms with E-state index in [9.17, 15) is 4.79 Å². The number of nitriles is 1. The fraction of sp³-hybridized carbons (Fsp3) is 0.0667. The van der Waals surface area contributed by atoms with E-state index in [1.807, 2.05) is 6.07 Å². The minimum atomic E-state index is 0.0383. The Morgan fingerprint density at radius 1 is 1.06 bits per heavy atom. The standard InChI is InChI=1S/C15H10ClNO/c16-14-7-5-13(6-8-14)15(18)9-11-1-3-12(10-17)4-2-11/h1-8H,9H2. The van der Waals surface area contributed by atoms with E-state index in [2.05, 4.69) is 0 Å². The number of benzene rings is 2. The largest absolute Gasteiger partial charge is 0.294 e. The normalized spacial score (nSPS) is 9.78. The summed E-state index contributed by atoms with van der Waals surface area (Å²) in [7, 11) is 0. The molecule has 2 aromatic carbocycles. The van der Waals surface area contributed by atoms with Crippen molar-refractivity contribution in [1.82, 2.24) is 0 Å². The topological polar surface area (TPSA) is 40.9 Å². The molecule has 0 fully saturated rings. The summed E-state index contributed by atoms with van der Waals surface area (Å²) in [6.07, 6.45) is 0.327. The monoisotopic (exact) mass is 255 g/mol. The van der Waals surface area contributed by atoms with Crippen molar-refractivity contribution in [3.8, 4) is 6.07 Å². The van der Waals surface area contributed by atoms with E-state index < -0.39 is 0 Å². The first kappa shape index (κ1) is 12.3. The third kappa shape index (κ3) is 2.97. The zero-order chi connectivity index (χ0) is 13.0. The highest BCUT2D eigenvalue weighted by Crippen LogP contribution is 2.12. The van der Waals surface area contributed by atoms with E-state index in [4.69, 9.17) is 16.9 Å². The van der Waals surface area contributed by atoms with Gasteiger partial charge in [0.2, 0.25) is 0 Å². The van der Waals surface area contributed by atoms with Crippen molar-refractivity contribution in [2.24, 2.45) is 0 Å². The highest BCUT2D eigenvalue weighted by Gasteiger charge is 2.06. The molecule has 2 nitrogen and oxygen atoms in total. The van der Waals surface area contributed by atoms with E-state index in [0.717, 1.165) is 5.56 Å². The molecule has 0 amide bonds. The summed E-state index contributed by atoms with van der Waals surface area (Å²) in [6, 6.07) is 15.9. The van der Waals surface area contributed by atoms with Crippen molar-refractivity contribution in [1.29, 1.82) is 5.26 Å².